The maximum absolute atomic E-state index is 12.7. The van der Waals surface area contributed by atoms with Crippen LogP contribution in [0.1, 0.15) is 42.1 Å². The molecule has 2 aromatic carbocycles. The molecule has 0 radical (unpaired) electrons. The fourth-order valence-electron chi connectivity index (χ4n) is 2.60. The van der Waals surface area contributed by atoms with Crippen molar-refractivity contribution in [1.82, 2.24) is 0 Å². The number of rotatable bonds is 10. The molecule has 0 saturated heterocycles. The average Bonchev–Trinajstić information content (AvgIpc) is 2.80. The van der Waals surface area contributed by atoms with E-state index in [1.54, 1.807) is 0 Å². The molecule has 0 fully saturated rings. The minimum Gasteiger partial charge on any atom is -0.462 e. The summed E-state index contributed by atoms with van der Waals surface area (Å²) in [6.45, 7) is 1.46. The van der Waals surface area contributed by atoms with E-state index in [1.807, 2.05) is 6.92 Å². The molecule has 0 aliphatic rings. The van der Waals surface area contributed by atoms with Crippen LogP contribution in [0, 0.1) is 0 Å². The van der Waals surface area contributed by atoms with Crippen molar-refractivity contribution in [3.8, 4) is 0 Å². The fourth-order valence-corrected chi connectivity index (χ4v) is 2.60. The summed E-state index contributed by atoms with van der Waals surface area (Å²) in [5.74, 6) is -2.62. The number of halogens is 3. The molecule has 0 aromatic heterocycles. The topological polar surface area (TPSA) is 111 Å². The van der Waals surface area contributed by atoms with Gasteiger partial charge in [0.1, 0.15) is 0 Å². The van der Waals surface area contributed by atoms with Crippen LogP contribution in [0.2, 0.25) is 0 Å². The summed E-state index contributed by atoms with van der Waals surface area (Å²) in [5.41, 5.74) is -0.288. The van der Waals surface area contributed by atoms with Gasteiger partial charge in [-0.25, -0.2) is 4.79 Å². The van der Waals surface area contributed by atoms with Crippen LogP contribution < -0.4 is 10.6 Å². The third-order valence-electron chi connectivity index (χ3n) is 4.24. The molecule has 0 aliphatic heterocycles. The number of hydrogen-bond acceptors (Lipinski definition) is 6. The Morgan fingerprint density at radius 2 is 1.53 bits per heavy atom. The second-order valence-corrected chi connectivity index (χ2v) is 7.05. The van der Waals surface area contributed by atoms with Crippen molar-refractivity contribution in [3.63, 3.8) is 0 Å². The van der Waals surface area contributed by atoms with Gasteiger partial charge in [-0.15, -0.1) is 0 Å². The summed E-state index contributed by atoms with van der Waals surface area (Å²) in [7, 11) is 0. The highest BCUT2D eigenvalue weighted by atomic mass is 19.4. The molecule has 0 atom stereocenters. The van der Waals surface area contributed by atoms with Crippen LogP contribution in [0.15, 0.2) is 48.5 Å². The molecule has 0 saturated carbocycles. The summed E-state index contributed by atoms with van der Waals surface area (Å²) >= 11 is 0. The van der Waals surface area contributed by atoms with Gasteiger partial charge in [-0.2, -0.15) is 13.2 Å². The van der Waals surface area contributed by atoms with E-state index in [4.69, 9.17) is 9.47 Å². The first-order valence-electron chi connectivity index (χ1n) is 10.3. The molecule has 2 rings (SSSR count). The van der Waals surface area contributed by atoms with E-state index in [1.165, 1.54) is 30.3 Å². The van der Waals surface area contributed by atoms with Gasteiger partial charge in [0.05, 0.1) is 24.2 Å². The Labute approximate surface area is 193 Å². The minimum atomic E-state index is -4.56. The van der Waals surface area contributed by atoms with Gasteiger partial charge < -0.3 is 20.1 Å². The van der Waals surface area contributed by atoms with Crippen LogP contribution in [0.3, 0.4) is 0 Å². The zero-order chi connectivity index (χ0) is 25.1. The van der Waals surface area contributed by atoms with Crippen LogP contribution in [0.5, 0.6) is 0 Å². The largest absolute Gasteiger partial charge is 0.462 e. The minimum absolute atomic E-state index is 0.0973. The van der Waals surface area contributed by atoms with Crippen molar-refractivity contribution < 1.29 is 41.8 Å². The Hall–Kier alpha value is -3.89. The molecule has 182 valence electrons. The van der Waals surface area contributed by atoms with Crippen molar-refractivity contribution in [2.24, 2.45) is 0 Å². The number of ether oxygens (including phenoxy) is 2. The van der Waals surface area contributed by atoms with Gasteiger partial charge in [0.15, 0.2) is 6.61 Å². The van der Waals surface area contributed by atoms with Crippen LogP contribution in [0.4, 0.5) is 24.5 Å². The van der Waals surface area contributed by atoms with E-state index < -0.39 is 42.1 Å². The second-order valence-electron chi connectivity index (χ2n) is 7.05. The number of carbonyl (C=O) groups is 4. The number of hydrogen-bond donors (Lipinski definition) is 2. The quantitative estimate of drug-likeness (QED) is 0.494. The third kappa shape index (κ3) is 8.93. The lowest BCUT2D eigenvalue weighted by Crippen LogP contribution is -2.22. The van der Waals surface area contributed by atoms with Gasteiger partial charge in [0, 0.05) is 17.8 Å². The van der Waals surface area contributed by atoms with E-state index >= 15 is 0 Å². The van der Waals surface area contributed by atoms with E-state index in [2.05, 4.69) is 10.6 Å². The smallest absolute Gasteiger partial charge is 0.416 e. The number of benzene rings is 2. The van der Waals surface area contributed by atoms with E-state index in [9.17, 15) is 32.3 Å². The highest BCUT2D eigenvalue weighted by Crippen LogP contribution is 2.30. The number of carbonyl (C=O) groups excluding carboxylic acids is 4. The van der Waals surface area contributed by atoms with E-state index in [-0.39, 0.29) is 18.5 Å². The molecule has 0 bridgehead atoms. The van der Waals surface area contributed by atoms with Crippen molar-refractivity contribution in [2.45, 2.75) is 32.4 Å². The number of amides is 2. The summed E-state index contributed by atoms with van der Waals surface area (Å²) in [5, 5.41) is 4.75. The molecule has 0 unspecified atom stereocenters. The Kier molecular flexibility index (Phi) is 9.60. The highest BCUT2D eigenvalue weighted by molar-refractivity contribution is 5.95. The molecule has 2 N–H and O–H groups in total. The zero-order valence-electron chi connectivity index (χ0n) is 18.2. The van der Waals surface area contributed by atoms with Gasteiger partial charge in [-0.3, -0.25) is 14.4 Å². The maximum Gasteiger partial charge on any atom is 0.416 e. The number of nitrogens with one attached hydrogen (secondary N) is 2. The number of esters is 2. The van der Waals surface area contributed by atoms with Crippen molar-refractivity contribution >= 4 is 35.1 Å². The summed E-state index contributed by atoms with van der Waals surface area (Å²) < 4.78 is 47.9. The number of alkyl halides is 3. The fraction of sp³-hybridized carbons (Fsp3) is 0.304. The van der Waals surface area contributed by atoms with Gasteiger partial charge in [-0.1, -0.05) is 13.0 Å². The molecular weight excluding hydrogens is 457 g/mol. The Morgan fingerprint density at radius 1 is 0.853 bits per heavy atom. The summed E-state index contributed by atoms with van der Waals surface area (Å²) in [4.78, 5) is 47.3. The van der Waals surface area contributed by atoms with E-state index in [0.717, 1.165) is 18.2 Å². The lowest BCUT2D eigenvalue weighted by atomic mass is 10.2. The summed E-state index contributed by atoms with van der Waals surface area (Å²) in [6, 6.07) is 10.0. The third-order valence-corrected chi connectivity index (χ3v) is 4.24. The van der Waals surface area contributed by atoms with Gasteiger partial charge in [0.2, 0.25) is 5.91 Å². The van der Waals surface area contributed by atoms with Crippen LogP contribution in [0.25, 0.3) is 0 Å². The van der Waals surface area contributed by atoms with Gasteiger partial charge in [-0.05, 0) is 48.9 Å². The molecule has 34 heavy (non-hydrogen) atoms. The standard InChI is InChI=1S/C23H23F3N2O6/c1-2-12-33-22(32)15-6-8-17(9-7-15)27-19(29)10-11-21(31)34-14-20(30)28-18-5-3-4-16(13-18)23(24,25)26/h3-9,13H,2,10-12,14H2,1H3,(H,27,29)(H,28,30). The maximum atomic E-state index is 12.7. The molecule has 11 heteroatoms. The molecule has 0 heterocycles. The Bertz CT molecular complexity index is 1020. The van der Waals surface area contributed by atoms with Crippen molar-refractivity contribution in [3.05, 3.63) is 59.7 Å². The van der Waals surface area contributed by atoms with E-state index in [0.29, 0.717) is 24.3 Å². The molecule has 2 aromatic rings. The highest BCUT2D eigenvalue weighted by Gasteiger charge is 2.30. The Balaban J connectivity index is 1.72. The summed E-state index contributed by atoms with van der Waals surface area (Å²) in [6.07, 6.45) is -4.41. The van der Waals surface area contributed by atoms with Crippen LogP contribution in [-0.2, 0) is 30.0 Å². The van der Waals surface area contributed by atoms with Gasteiger partial charge >= 0.3 is 18.1 Å². The zero-order valence-corrected chi connectivity index (χ0v) is 18.2. The first-order chi connectivity index (χ1) is 16.1. The molecule has 8 nitrogen and oxygen atoms in total. The second kappa shape index (κ2) is 12.4. The first-order valence-corrected chi connectivity index (χ1v) is 10.3. The molecular formula is C23H23F3N2O6. The lowest BCUT2D eigenvalue weighted by Gasteiger charge is -2.10. The van der Waals surface area contributed by atoms with Gasteiger partial charge in [0.25, 0.3) is 5.91 Å². The van der Waals surface area contributed by atoms with Crippen molar-refractivity contribution in [2.75, 3.05) is 23.8 Å². The number of anilines is 2. The van der Waals surface area contributed by atoms with Crippen molar-refractivity contribution in [1.29, 1.82) is 0 Å². The van der Waals surface area contributed by atoms with Crippen LogP contribution >= 0.6 is 0 Å². The predicted octanol–water partition coefficient (Wildman–Crippen LogP) is 4.17. The predicted molar refractivity (Wildman–Crippen MR) is 116 cm³/mol. The molecule has 0 spiro atoms. The molecule has 0 aliphatic carbocycles. The Morgan fingerprint density at radius 3 is 2.18 bits per heavy atom. The lowest BCUT2D eigenvalue weighted by molar-refractivity contribution is -0.147. The normalized spacial score (nSPS) is 10.8. The van der Waals surface area contributed by atoms with Crippen LogP contribution in [-0.4, -0.2) is 37.0 Å². The average molecular weight is 480 g/mol. The monoisotopic (exact) mass is 480 g/mol. The molecule has 2 amide bonds. The SMILES string of the molecule is CCCOC(=O)c1ccc(NC(=O)CCC(=O)OCC(=O)Nc2cccc(C(F)(F)F)c2)cc1. The first kappa shape index (κ1) is 26.4.